The highest BCUT2D eigenvalue weighted by atomic mass is 16.2. The van der Waals surface area contributed by atoms with E-state index >= 15 is 0 Å². The molecule has 0 atom stereocenters. The van der Waals surface area contributed by atoms with Gasteiger partial charge in [0.05, 0.1) is 0 Å². The van der Waals surface area contributed by atoms with Crippen LogP contribution in [0.15, 0.2) is 18.3 Å². The maximum Gasteiger partial charge on any atom is 0.315 e. The lowest BCUT2D eigenvalue weighted by Gasteiger charge is -2.20. The van der Waals surface area contributed by atoms with Crippen LogP contribution >= 0.6 is 0 Å². The van der Waals surface area contributed by atoms with Crippen molar-refractivity contribution in [3.63, 3.8) is 0 Å². The molecular weight excluding hydrogens is 278 g/mol. The standard InChI is InChI=1S/C16H25N5O/c1-11(2)21-13(19-12-7-6-9-17-14(12)21)8-10-18-15(22)20-16(3,4)5/h6-7,9,11H,8,10H2,1-5H3,(H2,18,20,22). The molecule has 0 radical (unpaired) electrons. The van der Waals surface area contributed by atoms with E-state index < -0.39 is 0 Å². The zero-order chi connectivity index (χ0) is 16.3. The van der Waals surface area contributed by atoms with E-state index in [4.69, 9.17) is 0 Å². The number of amides is 2. The second-order valence-electron chi connectivity index (χ2n) is 6.72. The van der Waals surface area contributed by atoms with Gasteiger partial charge in [-0.15, -0.1) is 0 Å². The Bertz CT molecular complexity index is 654. The van der Waals surface area contributed by atoms with Gasteiger partial charge in [0.15, 0.2) is 5.65 Å². The number of carbonyl (C=O) groups excluding carboxylic acids is 1. The van der Waals surface area contributed by atoms with Crippen molar-refractivity contribution >= 4 is 17.2 Å². The summed E-state index contributed by atoms with van der Waals surface area (Å²) in [6.45, 7) is 10.6. The molecule has 0 aliphatic carbocycles. The lowest BCUT2D eigenvalue weighted by Crippen LogP contribution is -2.46. The summed E-state index contributed by atoms with van der Waals surface area (Å²) in [6.07, 6.45) is 2.45. The molecule has 120 valence electrons. The van der Waals surface area contributed by atoms with Crippen LogP contribution in [0.25, 0.3) is 11.2 Å². The molecule has 2 N–H and O–H groups in total. The summed E-state index contributed by atoms with van der Waals surface area (Å²) in [4.78, 5) is 20.8. The number of hydrogen-bond donors (Lipinski definition) is 2. The number of nitrogens with zero attached hydrogens (tertiary/aromatic N) is 3. The zero-order valence-electron chi connectivity index (χ0n) is 14.0. The first-order chi connectivity index (χ1) is 10.3. The fourth-order valence-electron chi connectivity index (χ4n) is 2.37. The van der Waals surface area contributed by atoms with Gasteiger partial charge in [-0.2, -0.15) is 0 Å². The summed E-state index contributed by atoms with van der Waals surface area (Å²) in [5.41, 5.74) is 1.55. The first-order valence-corrected chi connectivity index (χ1v) is 7.66. The summed E-state index contributed by atoms with van der Waals surface area (Å²) < 4.78 is 2.12. The molecule has 0 saturated carbocycles. The van der Waals surface area contributed by atoms with Crippen LogP contribution in [0.4, 0.5) is 4.79 Å². The lowest BCUT2D eigenvalue weighted by atomic mass is 10.1. The van der Waals surface area contributed by atoms with Gasteiger partial charge in [0.25, 0.3) is 0 Å². The van der Waals surface area contributed by atoms with Crippen molar-refractivity contribution in [2.24, 2.45) is 0 Å². The molecule has 2 aromatic rings. The molecule has 0 unspecified atom stereocenters. The van der Waals surface area contributed by atoms with Gasteiger partial charge in [-0.3, -0.25) is 0 Å². The number of fused-ring (bicyclic) bond motifs is 1. The van der Waals surface area contributed by atoms with Gasteiger partial charge in [0, 0.05) is 30.7 Å². The summed E-state index contributed by atoms with van der Waals surface area (Å²) in [6, 6.07) is 3.97. The topological polar surface area (TPSA) is 71.8 Å². The van der Waals surface area contributed by atoms with Gasteiger partial charge in [0.2, 0.25) is 0 Å². The third-order valence-corrected chi connectivity index (χ3v) is 3.16. The van der Waals surface area contributed by atoms with Crippen LogP contribution in [0.5, 0.6) is 0 Å². The van der Waals surface area contributed by atoms with Crippen LogP contribution in [0.2, 0.25) is 0 Å². The molecule has 0 spiro atoms. The molecule has 0 fully saturated rings. The zero-order valence-corrected chi connectivity index (χ0v) is 14.0. The number of pyridine rings is 1. The summed E-state index contributed by atoms with van der Waals surface area (Å²) in [5, 5.41) is 5.75. The van der Waals surface area contributed by atoms with E-state index in [0.29, 0.717) is 13.0 Å². The van der Waals surface area contributed by atoms with Gasteiger partial charge in [-0.05, 0) is 46.8 Å². The van der Waals surface area contributed by atoms with E-state index in [9.17, 15) is 4.79 Å². The number of carbonyl (C=O) groups is 1. The molecule has 0 aromatic carbocycles. The maximum atomic E-state index is 11.8. The molecule has 22 heavy (non-hydrogen) atoms. The van der Waals surface area contributed by atoms with Crippen molar-refractivity contribution in [2.75, 3.05) is 6.54 Å². The Balaban J connectivity index is 2.06. The number of rotatable bonds is 4. The number of urea groups is 1. The minimum absolute atomic E-state index is 0.155. The molecule has 2 rings (SSSR count). The first-order valence-electron chi connectivity index (χ1n) is 7.66. The van der Waals surface area contributed by atoms with E-state index in [-0.39, 0.29) is 17.6 Å². The SMILES string of the molecule is CC(C)n1c(CCNC(=O)NC(C)(C)C)nc2cccnc21. The average Bonchev–Trinajstić information content (AvgIpc) is 2.74. The van der Waals surface area contributed by atoms with Gasteiger partial charge in [-0.1, -0.05) is 0 Å². The van der Waals surface area contributed by atoms with Crippen LogP contribution in [0.1, 0.15) is 46.5 Å². The van der Waals surface area contributed by atoms with E-state index in [0.717, 1.165) is 17.0 Å². The van der Waals surface area contributed by atoms with Crippen molar-refractivity contribution in [3.8, 4) is 0 Å². The average molecular weight is 303 g/mol. The third-order valence-electron chi connectivity index (χ3n) is 3.16. The van der Waals surface area contributed by atoms with Crippen molar-refractivity contribution in [1.29, 1.82) is 0 Å². The highest BCUT2D eigenvalue weighted by molar-refractivity contribution is 5.74. The lowest BCUT2D eigenvalue weighted by molar-refractivity contribution is 0.232. The van der Waals surface area contributed by atoms with Crippen LogP contribution in [-0.2, 0) is 6.42 Å². The highest BCUT2D eigenvalue weighted by Gasteiger charge is 2.15. The minimum Gasteiger partial charge on any atom is -0.338 e. The van der Waals surface area contributed by atoms with E-state index in [1.165, 1.54) is 0 Å². The Morgan fingerprint density at radius 1 is 1.36 bits per heavy atom. The number of hydrogen-bond acceptors (Lipinski definition) is 3. The summed E-state index contributed by atoms with van der Waals surface area (Å²) in [7, 11) is 0. The Morgan fingerprint density at radius 2 is 2.09 bits per heavy atom. The van der Waals surface area contributed by atoms with Crippen molar-refractivity contribution in [2.45, 2.75) is 52.6 Å². The Hall–Kier alpha value is -2.11. The monoisotopic (exact) mass is 303 g/mol. The van der Waals surface area contributed by atoms with Crippen LogP contribution in [-0.4, -0.2) is 32.6 Å². The van der Waals surface area contributed by atoms with E-state index in [1.54, 1.807) is 6.20 Å². The Morgan fingerprint density at radius 3 is 2.73 bits per heavy atom. The number of imidazole rings is 1. The van der Waals surface area contributed by atoms with Crippen molar-refractivity contribution < 1.29 is 4.79 Å². The largest absolute Gasteiger partial charge is 0.338 e. The molecule has 0 bridgehead atoms. The predicted molar refractivity (Wildman–Crippen MR) is 87.9 cm³/mol. The molecule has 2 amide bonds. The molecular formula is C16H25N5O. The molecule has 2 aromatic heterocycles. The van der Waals surface area contributed by atoms with Gasteiger partial charge in [0.1, 0.15) is 11.3 Å². The molecule has 6 nitrogen and oxygen atoms in total. The van der Waals surface area contributed by atoms with Crippen LogP contribution < -0.4 is 10.6 Å². The fourth-order valence-corrected chi connectivity index (χ4v) is 2.37. The Labute approximate surface area is 131 Å². The van der Waals surface area contributed by atoms with E-state index in [2.05, 4.69) is 39.0 Å². The molecule has 6 heteroatoms. The van der Waals surface area contributed by atoms with Gasteiger partial charge in [-0.25, -0.2) is 14.8 Å². The Kier molecular flexibility index (Phi) is 4.68. The molecule has 2 heterocycles. The van der Waals surface area contributed by atoms with E-state index in [1.807, 2.05) is 32.9 Å². The smallest absolute Gasteiger partial charge is 0.315 e. The predicted octanol–water partition coefficient (Wildman–Crippen LogP) is 2.65. The molecule has 0 aliphatic heterocycles. The van der Waals surface area contributed by atoms with Crippen molar-refractivity contribution in [3.05, 3.63) is 24.2 Å². The third kappa shape index (κ3) is 3.96. The highest BCUT2D eigenvalue weighted by Crippen LogP contribution is 2.19. The minimum atomic E-state index is -0.237. The second-order valence-corrected chi connectivity index (χ2v) is 6.72. The van der Waals surface area contributed by atoms with Crippen LogP contribution in [0, 0.1) is 0 Å². The number of nitrogens with one attached hydrogen (secondary N) is 2. The number of aromatic nitrogens is 3. The summed E-state index contributed by atoms with van der Waals surface area (Å²) in [5.74, 6) is 0.944. The van der Waals surface area contributed by atoms with Gasteiger partial charge >= 0.3 is 6.03 Å². The van der Waals surface area contributed by atoms with Crippen molar-refractivity contribution in [1.82, 2.24) is 25.2 Å². The molecule has 0 saturated heterocycles. The quantitative estimate of drug-likeness (QED) is 0.912. The normalized spacial score (nSPS) is 11.9. The van der Waals surface area contributed by atoms with Crippen LogP contribution in [0.3, 0.4) is 0 Å². The molecule has 0 aliphatic rings. The summed E-state index contributed by atoms with van der Waals surface area (Å²) >= 11 is 0. The van der Waals surface area contributed by atoms with Gasteiger partial charge < -0.3 is 15.2 Å². The maximum absolute atomic E-state index is 11.8. The fraction of sp³-hybridized carbons (Fsp3) is 0.562. The second kappa shape index (κ2) is 6.34. The first kappa shape index (κ1) is 16.3.